The van der Waals surface area contributed by atoms with Crippen LogP contribution in [-0.4, -0.2) is 26.0 Å². The highest BCUT2D eigenvalue weighted by molar-refractivity contribution is 7.89. The lowest BCUT2D eigenvalue weighted by atomic mass is 9.91. The first-order valence-electron chi connectivity index (χ1n) is 7.24. The van der Waals surface area contributed by atoms with Gasteiger partial charge < -0.3 is 10.4 Å². The summed E-state index contributed by atoms with van der Waals surface area (Å²) in [5.41, 5.74) is 1.55. The maximum atomic E-state index is 12.4. The third kappa shape index (κ3) is 3.24. The van der Waals surface area contributed by atoms with Gasteiger partial charge in [0.05, 0.1) is 5.02 Å². The molecule has 0 spiro atoms. The third-order valence-corrected chi connectivity index (χ3v) is 5.63. The van der Waals surface area contributed by atoms with Gasteiger partial charge in [-0.15, -0.1) is 0 Å². The van der Waals surface area contributed by atoms with Gasteiger partial charge in [-0.25, -0.2) is 13.1 Å². The number of hydrogen-bond acceptors (Lipinski definition) is 4. The van der Waals surface area contributed by atoms with E-state index in [1.807, 2.05) is 12.1 Å². The van der Waals surface area contributed by atoms with Crippen LogP contribution >= 0.6 is 11.6 Å². The zero-order chi connectivity index (χ0) is 17.3. The molecule has 3 N–H and O–H groups in total. The zero-order valence-corrected chi connectivity index (χ0v) is 14.1. The fourth-order valence-corrected chi connectivity index (χ4v) is 4.11. The normalized spacial score (nSPS) is 17.2. The molecule has 0 saturated carbocycles. The summed E-state index contributed by atoms with van der Waals surface area (Å²) in [7, 11) is -3.95. The maximum absolute atomic E-state index is 12.4. The molecule has 2 aromatic carbocycles. The topological polar surface area (TPSA) is 95.5 Å². The van der Waals surface area contributed by atoms with Crippen molar-refractivity contribution in [1.82, 2.24) is 4.72 Å². The minimum atomic E-state index is -3.95. The van der Waals surface area contributed by atoms with Gasteiger partial charge in [0.15, 0.2) is 5.75 Å². The predicted molar refractivity (Wildman–Crippen MR) is 90.7 cm³/mol. The van der Waals surface area contributed by atoms with Crippen molar-refractivity contribution >= 4 is 33.2 Å². The molecule has 0 fully saturated rings. The van der Waals surface area contributed by atoms with Crippen molar-refractivity contribution in [1.29, 1.82) is 0 Å². The first-order valence-corrected chi connectivity index (χ1v) is 9.10. The number of carbonyl (C=O) groups is 1. The number of anilines is 1. The number of benzene rings is 2. The summed E-state index contributed by atoms with van der Waals surface area (Å²) in [6.07, 6.45) is 0.182. The molecule has 0 radical (unpaired) electrons. The predicted octanol–water partition coefficient (Wildman–Crippen LogP) is 2.45. The molecule has 6 nitrogen and oxygen atoms in total. The SMILES string of the molecule is O=C1CC(CNS(=O)(=O)c2cccc(Cl)c2O)c2ccccc2N1. The van der Waals surface area contributed by atoms with E-state index < -0.39 is 15.8 Å². The van der Waals surface area contributed by atoms with E-state index in [9.17, 15) is 18.3 Å². The average molecular weight is 367 g/mol. The number of carbonyl (C=O) groups excluding carboxylic acids is 1. The Morgan fingerprint density at radius 2 is 1.96 bits per heavy atom. The molecule has 1 atom stereocenters. The van der Waals surface area contributed by atoms with Crippen LogP contribution in [0.2, 0.25) is 5.02 Å². The van der Waals surface area contributed by atoms with Crippen molar-refractivity contribution in [3.63, 3.8) is 0 Å². The smallest absolute Gasteiger partial charge is 0.244 e. The van der Waals surface area contributed by atoms with Crippen molar-refractivity contribution in [2.45, 2.75) is 17.2 Å². The number of fused-ring (bicyclic) bond motifs is 1. The van der Waals surface area contributed by atoms with Gasteiger partial charge in [-0.05, 0) is 23.8 Å². The molecule has 1 aliphatic heterocycles. The lowest BCUT2D eigenvalue weighted by Gasteiger charge is -2.25. The molecule has 1 unspecified atom stereocenters. The summed E-state index contributed by atoms with van der Waals surface area (Å²) in [6.45, 7) is 0.0404. The number of halogens is 1. The highest BCUT2D eigenvalue weighted by atomic mass is 35.5. The first-order chi connectivity index (χ1) is 11.4. The average Bonchev–Trinajstić information content (AvgIpc) is 2.55. The van der Waals surface area contributed by atoms with Crippen LogP contribution in [0.3, 0.4) is 0 Å². The minimum Gasteiger partial charge on any atom is -0.505 e. The van der Waals surface area contributed by atoms with Crippen molar-refractivity contribution in [3.8, 4) is 5.75 Å². The standard InChI is InChI=1S/C16H15ClN2O4S/c17-12-5-3-7-14(16(12)21)24(22,23)18-9-10-8-15(20)19-13-6-2-1-4-11(10)13/h1-7,10,18,21H,8-9H2,(H,19,20). The Balaban J connectivity index is 1.83. The number of phenolic OH excluding ortho intramolecular Hbond substituents is 1. The molecular weight excluding hydrogens is 352 g/mol. The zero-order valence-electron chi connectivity index (χ0n) is 12.5. The van der Waals surface area contributed by atoms with E-state index in [2.05, 4.69) is 10.0 Å². The van der Waals surface area contributed by atoms with Gasteiger partial charge in [-0.2, -0.15) is 0 Å². The Morgan fingerprint density at radius 1 is 1.21 bits per heavy atom. The second-order valence-corrected chi connectivity index (χ2v) is 7.62. The van der Waals surface area contributed by atoms with Gasteiger partial charge in [0.1, 0.15) is 4.90 Å². The van der Waals surface area contributed by atoms with E-state index in [1.165, 1.54) is 18.2 Å². The second-order valence-electron chi connectivity index (χ2n) is 5.47. The van der Waals surface area contributed by atoms with E-state index in [0.717, 1.165) is 5.56 Å². The quantitative estimate of drug-likeness (QED) is 0.774. The fourth-order valence-electron chi connectivity index (χ4n) is 2.68. The van der Waals surface area contributed by atoms with Crippen LogP contribution in [0.15, 0.2) is 47.4 Å². The number of nitrogens with one attached hydrogen (secondary N) is 2. The second kappa shape index (κ2) is 6.43. The molecule has 1 amide bonds. The lowest BCUT2D eigenvalue weighted by Crippen LogP contribution is -2.33. The lowest BCUT2D eigenvalue weighted by molar-refractivity contribution is -0.116. The maximum Gasteiger partial charge on any atom is 0.244 e. The highest BCUT2D eigenvalue weighted by Crippen LogP contribution is 2.33. The molecule has 1 heterocycles. The third-order valence-electron chi connectivity index (χ3n) is 3.87. The summed E-state index contributed by atoms with van der Waals surface area (Å²) >= 11 is 5.76. The van der Waals surface area contributed by atoms with Crippen molar-refractivity contribution in [2.24, 2.45) is 0 Å². The first kappa shape index (κ1) is 16.8. The van der Waals surface area contributed by atoms with E-state index in [4.69, 9.17) is 11.6 Å². The fraction of sp³-hybridized carbons (Fsp3) is 0.188. The summed E-state index contributed by atoms with van der Waals surface area (Å²) < 4.78 is 27.3. The molecule has 3 rings (SSSR count). The van der Waals surface area contributed by atoms with Gasteiger partial charge >= 0.3 is 0 Å². The molecule has 8 heteroatoms. The number of sulfonamides is 1. The molecule has 0 bridgehead atoms. The Hall–Kier alpha value is -2.09. The van der Waals surface area contributed by atoms with Gasteiger partial charge in [-0.1, -0.05) is 35.9 Å². The van der Waals surface area contributed by atoms with Gasteiger partial charge in [-0.3, -0.25) is 4.79 Å². The largest absolute Gasteiger partial charge is 0.505 e. The molecule has 0 saturated heterocycles. The number of rotatable bonds is 4. The molecule has 1 aliphatic rings. The Labute approximate surface area is 144 Å². The van der Waals surface area contributed by atoms with Crippen molar-refractivity contribution < 1.29 is 18.3 Å². The van der Waals surface area contributed by atoms with Crippen LogP contribution in [0.5, 0.6) is 5.75 Å². The van der Waals surface area contributed by atoms with Gasteiger partial charge in [0.2, 0.25) is 15.9 Å². The number of amides is 1. The van der Waals surface area contributed by atoms with E-state index in [-0.39, 0.29) is 34.7 Å². The Bertz CT molecular complexity index is 899. The van der Waals surface area contributed by atoms with Crippen LogP contribution in [0.1, 0.15) is 17.9 Å². The summed E-state index contributed by atoms with van der Waals surface area (Å²) in [4.78, 5) is 11.5. The van der Waals surface area contributed by atoms with Crippen molar-refractivity contribution in [3.05, 3.63) is 53.1 Å². The van der Waals surface area contributed by atoms with Crippen LogP contribution in [0, 0.1) is 0 Å². The van der Waals surface area contributed by atoms with E-state index >= 15 is 0 Å². The van der Waals surface area contributed by atoms with Crippen molar-refractivity contribution in [2.75, 3.05) is 11.9 Å². The van der Waals surface area contributed by atoms with E-state index in [0.29, 0.717) is 5.69 Å². The van der Waals surface area contributed by atoms with Crippen LogP contribution < -0.4 is 10.0 Å². The molecule has 24 heavy (non-hydrogen) atoms. The number of aromatic hydroxyl groups is 1. The Morgan fingerprint density at radius 3 is 2.75 bits per heavy atom. The summed E-state index contributed by atoms with van der Waals surface area (Å²) in [6, 6.07) is 11.4. The highest BCUT2D eigenvalue weighted by Gasteiger charge is 2.27. The number of phenols is 1. The summed E-state index contributed by atoms with van der Waals surface area (Å²) in [5, 5.41) is 12.6. The van der Waals surface area contributed by atoms with Gasteiger partial charge in [0.25, 0.3) is 0 Å². The van der Waals surface area contributed by atoms with E-state index in [1.54, 1.807) is 12.1 Å². The number of para-hydroxylation sites is 2. The Kier molecular flexibility index (Phi) is 4.49. The monoisotopic (exact) mass is 366 g/mol. The molecular formula is C16H15ClN2O4S. The molecule has 2 aromatic rings. The van der Waals surface area contributed by atoms with Crippen LogP contribution in [-0.2, 0) is 14.8 Å². The summed E-state index contributed by atoms with van der Waals surface area (Å²) in [5.74, 6) is -0.942. The molecule has 0 aromatic heterocycles. The number of hydrogen-bond donors (Lipinski definition) is 3. The molecule has 0 aliphatic carbocycles. The van der Waals surface area contributed by atoms with Crippen LogP contribution in [0.4, 0.5) is 5.69 Å². The van der Waals surface area contributed by atoms with Crippen LogP contribution in [0.25, 0.3) is 0 Å². The van der Waals surface area contributed by atoms with Gasteiger partial charge in [0, 0.05) is 24.6 Å². The molecule has 126 valence electrons. The minimum absolute atomic E-state index is 0.0404.